The standard InChI is InChI=1S/C37H48N4O8S/c1-6-25-20-37(25,33(44)40-50(46,47)27-15-16-27)39-31(42)29-21-36(48-5)22-41(29)32(43)30(35(2,3)4)38-34(45)49-17-11-7-8-12-23-18-26(36)19-24-13-9-10-14-28(23)24/h6,9-10,13-14,18-19,25,27,29-30H,1,7-8,11-12,15-17,20-22H2,2-5H3,(H,38,45)(H,39,42)(H,40,44)/t25-,29+,30-,36+,37-/m1/s1. The monoisotopic (exact) mass is 708 g/mol. The van der Waals surface area contributed by atoms with Gasteiger partial charge >= 0.3 is 6.09 Å². The molecule has 0 spiro atoms. The normalized spacial score (nSPS) is 29.1. The van der Waals surface area contributed by atoms with E-state index in [-0.39, 0.29) is 26.0 Å². The van der Waals surface area contributed by atoms with Crippen LogP contribution in [0.1, 0.15) is 76.8 Å². The molecule has 4 bridgehead atoms. The molecular formula is C37H48N4O8S. The molecule has 4 aliphatic rings. The lowest BCUT2D eigenvalue weighted by molar-refractivity contribution is -0.143. The van der Waals surface area contributed by atoms with E-state index in [0.29, 0.717) is 19.3 Å². The third-order valence-corrected chi connectivity index (χ3v) is 12.5. The van der Waals surface area contributed by atoms with Gasteiger partial charge in [-0.25, -0.2) is 13.2 Å². The van der Waals surface area contributed by atoms with Gasteiger partial charge in [0.25, 0.3) is 5.91 Å². The van der Waals surface area contributed by atoms with Gasteiger partial charge < -0.3 is 25.0 Å². The highest BCUT2D eigenvalue weighted by molar-refractivity contribution is 7.91. The number of hydrogen-bond donors (Lipinski definition) is 3. The van der Waals surface area contributed by atoms with E-state index in [1.54, 1.807) is 7.11 Å². The molecule has 6 rings (SSSR count). The van der Waals surface area contributed by atoms with Crippen molar-refractivity contribution in [1.82, 2.24) is 20.3 Å². The number of hydrogen-bond acceptors (Lipinski definition) is 8. The molecule has 2 saturated carbocycles. The highest BCUT2D eigenvalue weighted by Gasteiger charge is 2.62. The Kier molecular flexibility index (Phi) is 9.53. The van der Waals surface area contributed by atoms with Crippen molar-refractivity contribution in [2.75, 3.05) is 20.3 Å². The molecule has 3 fully saturated rings. The molecule has 5 atom stereocenters. The summed E-state index contributed by atoms with van der Waals surface area (Å²) < 4.78 is 39.4. The lowest BCUT2D eigenvalue weighted by Gasteiger charge is -2.36. The Morgan fingerprint density at radius 1 is 1.10 bits per heavy atom. The van der Waals surface area contributed by atoms with E-state index in [0.717, 1.165) is 41.2 Å². The molecule has 50 heavy (non-hydrogen) atoms. The number of cyclic esters (lactones) is 1. The Balaban J connectivity index is 1.41. The van der Waals surface area contributed by atoms with Crippen LogP contribution < -0.4 is 15.4 Å². The molecule has 0 aromatic heterocycles. The number of sulfonamides is 1. The number of fused-ring (bicyclic) bond motifs is 7. The summed E-state index contributed by atoms with van der Waals surface area (Å²) in [4.78, 5) is 57.1. The van der Waals surface area contributed by atoms with Crippen LogP contribution in [0.5, 0.6) is 0 Å². The van der Waals surface area contributed by atoms with Gasteiger partial charge in [0.1, 0.15) is 23.2 Å². The van der Waals surface area contributed by atoms with E-state index in [1.807, 2.05) is 45.0 Å². The Labute approximate surface area is 293 Å². The second-order valence-corrected chi connectivity index (χ2v) is 17.3. The number of nitrogens with zero attached hydrogens (tertiary/aromatic N) is 1. The number of benzene rings is 2. The number of methoxy groups -OCH3 is 1. The number of rotatable bonds is 7. The smallest absolute Gasteiger partial charge is 0.407 e. The molecule has 1 saturated heterocycles. The van der Waals surface area contributed by atoms with Gasteiger partial charge in [0, 0.05) is 19.4 Å². The third kappa shape index (κ3) is 6.86. The molecule has 13 heteroatoms. The summed E-state index contributed by atoms with van der Waals surface area (Å²) >= 11 is 0. The van der Waals surface area contributed by atoms with E-state index in [9.17, 15) is 27.6 Å². The van der Waals surface area contributed by atoms with Gasteiger partial charge in [0.15, 0.2) is 0 Å². The summed E-state index contributed by atoms with van der Waals surface area (Å²) in [6, 6.07) is 10.0. The van der Waals surface area contributed by atoms with Crippen molar-refractivity contribution in [1.29, 1.82) is 0 Å². The van der Waals surface area contributed by atoms with E-state index in [4.69, 9.17) is 9.47 Å². The number of nitrogens with one attached hydrogen (secondary N) is 3. The third-order valence-electron chi connectivity index (χ3n) is 10.7. The fraction of sp³-hybridized carbons (Fsp3) is 0.568. The zero-order chi connectivity index (χ0) is 36.1. The molecule has 2 aliphatic carbocycles. The second kappa shape index (κ2) is 13.3. The second-order valence-electron chi connectivity index (χ2n) is 15.3. The first-order valence-electron chi connectivity index (χ1n) is 17.5. The maximum absolute atomic E-state index is 14.6. The minimum atomic E-state index is -3.89. The van der Waals surface area contributed by atoms with Gasteiger partial charge in [-0.3, -0.25) is 19.1 Å². The van der Waals surface area contributed by atoms with Gasteiger partial charge in [0.2, 0.25) is 21.8 Å². The molecule has 2 heterocycles. The SMILES string of the molecule is C=C[C@@H]1C[C@]1(NC(=O)[C@@H]1C[C@]2(OC)CN1C(=O)[C@H](C(C)(C)C)NC(=O)OCCCCCc1cc2cc2ccccc12)C(=O)NS(=O)(=O)C1CC1. The average Bonchev–Trinajstić information content (AvgIpc) is 4.00. The lowest BCUT2D eigenvalue weighted by atomic mass is 9.85. The predicted molar refractivity (Wildman–Crippen MR) is 187 cm³/mol. The molecule has 0 radical (unpaired) electrons. The Morgan fingerprint density at radius 2 is 1.84 bits per heavy atom. The van der Waals surface area contributed by atoms with Crippen LogP contribution in [0.2, 0.25) is 0 Å². The van der Waals surface area contributed by atoms with Gasteiger partial charge in [0.05, 0.1) is 18.4 Å². The Hall–Kier alpha value is -3.97. The van der Waals surface area contributed by atoms with Crippen molar-refractivity contribution in [2.45, 2.75) is 101 Å². The molecular weight excluding hydrogens is 660 g/mol. The fourth-order valence-electron chi connectivity index (χ4n) is 7.43. The van der Waals surface area contributed by atoms with Crippen molar-refractivity contribution in [3.8, 4) is 0 Å². The fourth-order valence-corrected chi connectivity index (χ4v) is 8.79. The van der Waals surface area contributed by atoms with Crippen molar-refractivity contribution in [3.63, 3.8) is 0 Å². The number of aryl methyl sites for hydroxylation is 1. The van der Waals surface area contributed by atoms with Crippen LogP contribution in [0.4, 0.5) is 4.79 Å². The van der Waals surface area contributed by atoms with Crippen LogP contribution in [0.15, 0.2) is 49.1 Å². The lowest BCUT2D eigenvalue weighted by Crippen LogP contribution is -2.60. The van der Waals surface area contributed by atoms with Crippen molar-refractivity contribution >= 4 is 44.6 Å². The van der Waals surface area contributed by atoms with Crippen LogP contribution in [0.25, 0.3) is 10.8 Å². The highest BCUT2D eigenvalue weighted by atomic mass is 32.2. The Bertz CT molecular complexity index is 1820. The summed E-state index contributed by atoms with van der Waals surface area (Å²) in [6.45, 7) is 9.43. The maximum atomic E-state index is 14.6. The highest BCUT2D eigenvalue weighted by Crippen LogP contribution is 2.47. The van der Waals surface area contributed by atoms with E-state index >= 15 is 0 Å². The minimum absolute atomic E-state index is 0.0123. The minimum Gasteiger partial charge on any atom is -0.450 e. The van der Waals surface area contributed by atoms with Crippen molar-refractivity contribution in [2.24, 2.45) is 11.3 Å². The molecule has 2 aromatic rings. The molecule has 4 amide bonds. The Morgan fingerprint density at radius 3 is 2.50 bits per heavy atom. The topological polar surface area (TPSA) is 160 Å². The molecule has 2 aromatic carbocycles. The summed E-state index contributed by atoms with van der Waals surface area (Å²) in [5, 5.41) is 7.09. The van der Waals surface area contributed by atoms with Gasteiger partial charge in [-0.2, -0.15) is 0 Å². The number of alkyl carbamates (subject to hydrolysis) is 1. The maximum Gasteiger partial charge on any atom is 0.407 e. The number of ether oxygens (including phenoxy) is 2. The zero-order valence-electron chi connectivity index (χ0n) is 29.3. The van der Waals surface area contributed by atoms with Crippen LogP contribution in [-0.2, 0) is 45.9 Å². The molecule has 3 N–H and O–H groups in total. The largest absolute Gasteiger partial charge is 0.450 e. The van der Waals surface area contributed by atoms with Gasteiger partial charge in [-0.1, -0.05) is 57.2 Å². The summed E-state index contributed by atoms with van der Waals surface area (Å²) in [6.07, 6.45) is 5.09. The first-order valence-corrected chi connectivity index (χ1v) is 19.0. The van der Waals surface area contributed by atoms with Gasteiger partial charge in [-0.05, 0) is 78.3 Å². The first-order chi connectivity index (χ1) is 23.6. The summed E-state index contributed by atoms with van der Waals surface area (Å²) in [5.74, 6) is -2.46. The van der Waals surface area contributed by atoms with Crippen molar-refractivity contribution in [3.05, 3.63) is 60.2 Å². The number of carbonyl (C=O) groups is 4. The zero-order valence-corrected chi connectivity index (χ0v) is 30.1. The first kappa shape index (κ1) is 35.8. The molecule has 0 unspecified atom stereocenters. The predicted octanol–water partition coefficient (Wildman–Crippen LogP) is 3.82. The number of amides is 4. The van der Waals surface area contributed by atoms with E-state index < -0.39 is 73.6 Å². The van der Waals surface area contributed by atoms with Gasteiger partial charge in [-0.15, -0.1) is 6.58 Å². The average molecular weight is 709 g/mol. The van der Waals surface area contributed by atoms with Crippen LogP contribution in [-0.4, -0.2) is 80.3 Å². The van der Waals surface area contributed by atoms with Crippen molar-refractivity contribution < 1.29 is 37.1 Å². The molecule has 12 nitrogen and oxygen atoms in total. The van der Waals surface area contributed by atoms with Crippen LogP contribution in [0, 0.1) is 11.3 Å². The summed E-state index contributed by atoms with van der Waals surface area (Å²) in [5.41, 5.74) is -1.52. The van der Waals surface area contributed by atoms with Crippen LogP contribution >= 0.6 is 0 Å². The summed E-state index contributed by atoms with van der Waals surface area (Å²) in [7, 11) is -2.33. The quantitative estimate of drug-likeness (QED) is 0.366. The van der Waals surface area contributed by atoms with E-state index in [2.05, 4.69) is 34.1 Å². The van der Waals surface area contributed by atoms with E-state index in [1.165, 1.54) is 11.0 Å². The molecule has 270 valence electrons. The number of carbonyl (C=O) groups excluding carboxylic acids is 4. The molecule has 2 aliphatic heterocycles. The van der Waals surface area contributed by atoms with Crippen LogP contribution in [0.3, 0.4) is 0 Å².